The third-order valence-electron chi connectivity index (χ3n) is 14.1. The van der Waals surface area contributed by atoms with Gasteiger partial charge in [-0.1, -0.05) is 146 Å². The van der Waals surface area contributed by atoms with E-state index < -0.39 is 0 Å². The molecule has 0 atom stereocenters. The number of hydrogen-bond acceptors (Lipinski definition) is 5. The average Bonchev–Trinajstić information content (AvgIpc) is 4.19. The van der Waals surface area contributed by atoms with Crippen molar-refractivity contribution in [1.29, 1.82) is 0 Å². The fraction of sp³-hybridized carbons (Fsp3) is 0. The number of benzene rings is 10. The molecule has 5 aromatic heterocycles. The normalized spacial score (nSPS) is 12.0. The summed E-state index contributed by atoms with van der Waals surface area (Å²) >= 11 is 0. The fourth-order valence-electron chi connectivity index (χ4n) is 10.7. The molecule has 5 heterocycles. The van der Waals surface area contributed by atoms with Crippen molar-refractivity contribution in [1.82, 2.24) is 14.5 Å². The van der Waals surface area contributed by atoms with E-state index in [0.717, 1.165) is 133 Å². The van der Waals surface area contributed by atoms with Crippen molar-refractivity contribution in [2.75, 3.05) is 0 Å². The largest absolute Gasteiger partial charge is 0.456 e. The number of fused-ring (bicyclic) bond motifs is 12. The lowest BCUT2D eigenvalue weighted by Crippen LogP contribution is -1.96. The highest BCUT2D eigenvalue weighted by molar-refractivity contribution is 6.15. The third kappa shape index (κ3) is 5.93. The topological polar surface area (TPSA) is 70.1 Å². The van der Waals surface area contributed by atoms with E-state index in [1.54, 1.807) is 0 Å². The molecule has 15 aromatic rings. The van der Waals surface area contributed by atoms with Crippen molar-refractivity contribution in [2.45, 2.75) is 0 Å². The van der Waals surface area contributed by atoms with Crippen molar-refractivity contribution in [2.24, 2.45) is 0 Å². The van der Waals surface area contributed by atoms with Crippen LogP contribution in [0.4, 0.5) is 0 Å². The van der Waals surface area contributed by atoms with Crippen LogP contribution in [0, 0.1) is 0 Å². The van der Waals surface area contributed by atoms with Crippen LogP contribution in [0.15, 0.2) is 238 Å². The van der Waals surface area contributed by atoms with E-state index in [2.05, 4.69) is 168 Å². The summed E-state index contributed by atoms with van der Waals surface area (Å²) < 4.78 is 21.7. The van der Waals surface area contributed by atoms with Gasteiger partial charge in [-0.25, -0.2) is 9.97 Å². The molecule has 0 radical (unpaired) electrons. The van der Waals surface area contributed by atoms with Crippen LogP contribution in [0.25, 0.3) is 149 Å². The van der Waals surface area contributed by atoms with Crippen LogP contribution in [0.5, 0.6) is 0 Å². The fourth-order valence-corrected chi connectivity index (χ4v) is 10.7. The van der Waals surface area contributed by atoms with E-state index in [-0.39, 0.29) is 0 Å². The quantitative estimate of drug-likeness (QED) is 0.166. The zero-order chi connectivity index (χ0) is 45.9. The Hall–Kier alpha value is -9.52. The molecule has 0 saturated carbocycles. The highest BCUT2D eigenvalue weighted by atomic mass is 16.3. The Morgan fingerprint density at radius 3 is 1.74 bits per heavy atom. The van der Waals surface area contributed by atoms with Gasteiger partial charge < -0.3 is 17.8 Å². The van der Waals surface area contributed by atoms with Gasteiger partial charge in [-0.05, 0) is 95.6 Å². The van der Waals surface area contributed by atoms with Gasteiger partial charge in [-0.3, -0.25) is 0 Å². The molecular weight excluding hydrogens is 859 g/mol. The van der Waals surface area contributed by atoms with Crippen LogP contribution in [0.1, 0.15) is 0 Å². The molecule has 0 amide bonds. The van der Waals surface area contributed by atoms with Gasteiger partial charge in [0.1, 0.15) is 33.5 Å². The number of aromatic nitrogens is 3. The first-order valence-corrected chi connectivity index (χ1v) is 23.5. The van der Waals surface area contributed by atoms with Gasteiger partial charge in [-0.15, -0.1) is 0 Å². The Balaban J connectivity index is 0.841. The van der Waals surface area contributed by atoms with E-state index in [0.29, 0.717) is 5.82 Å². The Kier molecular flexibility index (Phi) is 8.26. The van der Waals surface area contributed by atoms with E-state index in [1.165, 1.54) is 10.8 Å². The predicted octanol–water partition coefficient (Wildman–Crippen LogP) is 17.6. The van der Waals surface area contributed by atoms with Crippen LogP contribution < -0.4 is 0 Å². The van der Waals surface area contributed by atoms with Crippen molar-refractivity contribution in [3.8, 4) is 61.8 Å². The van der Waals surface area contributed by atoms with Gasteiger partial charge in [-0.2, -0.15) is 0 Å². The van der Waals surface area contributed by atoms with Gasteiger partial charge in [0.05, 0.1) is 22.4 Å². The lowest BCUT2D eigenvalue weighted by molar-refractivity contribution is 0.668. The summed E-state index contributed by atoms with van der Waals surface area (Å²) in [5.41, 5.74) is 17.4. The Bertz CT molecular complexity index is 4590. The summed E-state index contributed by atoms with van der Waals surface area (Å²) in [6, 6.07) is 78.5. The molecule has 70 heavy (non-hydrogen) atoms. The number of rotatable bonds is 6. The van der Waals surface area contributed by atoms with Gasteiger partial charge >= 0.3 is 0 Å². The smallest absolute Gasteiger partial charge is 0.160 e. The standard InChI is InChI=1S/C64H37N3O3/c1-2-12-39(13-3-1)64-65-53(42-26-31-48-46-15-5-8-21-57(46)69-61(48)36-42)37-54(66-64)50-19-11-23-60-62(50)52-35-41(28-33-59(52)68-60)40-27-32-56-51(34-40)45-14-4-7-20-55(45)67(56)43-29-24-38(25-30-43)44-17-10-18-49-47-16-6-9-22-58(47)70-63(44)49/h1-37H. The summed E-state index contributed by atoms with van der Waals surface area (Å²) in [5, 5.41) is 8.84. The minimum Gasteiger partial charge on any atom is -0.456 e. The summed E-state index contributed by atoms with van der Waals surface area (Å²) in [5.74, 6) is 0.645. The molecule has 0 unspecified atom stereocenters. The maximum Gasteiger partial charge on any atom is 0.160 e. The number of furan rings is 3. The molecule has 0 fully saturated rings. The first-order valence-electron chi connectivity index (χ1n) is 23.5. The van der Waals surface area contributed by atoms with Crippen molar-refractivity contribution in [3.63, 3.8) is 0 Å². The summed E-state index contributed by atoms with van der Waals surface area (Å²) in [4.78, 5) is 10.4. The van der Waals surface area contributed by atoms with E-state index in [4.69, 9.17) is 23.2 Å². The summed E-state index contributed by atoms with van der Waals surface area (Å²) in [7, 11) is 0. The van der Waals surface area contributed by atoms with Crippen LogP contribution in [0.2, 0.25) is 0 Å². The van der Waals surface area contributed by atoms with E-state index in [1.807, 2.05) is 60.7 Å². The van der Waals surface area contributed by atoms with Crippen molar-refractivity contribution in [3.05, 3.63) is 224 Å². The second-order valence-electron chi connectivity index (χ2n) is 18.0. The zero-order valence-electron chi connectivity index (χ0n) is 37.4. The first kappa shape index (κ1) is 38.6. The van der Waals surface area contributed by atoms with Gasteiger partial charge in [0, 0.05) is 71.0 Å². The summed E-state index contributed by atoms with van der Waals surface area (Å²) in [6.07, 6.45) is 0. The van der Waals surface area contributed by atoms with Gasteiger partial charge in [0.2, 0.25) is 0 Å². The van der Waals surface area contributed by atoms with Crippen molar-refractivity contribution < 1.29 is 13.3 Å². The number of para-hydroxylation sites is 4. The molecule has 0 aliphatic heterocycles. The molecule has 6 nitrogen and oxygen atoms in total. The molecule has 0 spiro atoms. The second-order valence-corrected chi connectivity index (χ2v) is 18.0. The highest BCUT2D eigenvalue weighted by Gasteiger charge is 2.20. The van der Waals surface area contributed by atoms with Crippen LogP contribution in [0.3, 0.4) is 0 Å². The Morgan fingerprint density at radius 1 is 0.300 bits per heavy atom. The molecule has 0 bridgehead atoms. The Morgan fingerprint density at radius 2 is 0.886 bits per heavy atom. The lowest BCUT2D eigenvalue weighted by Gasteiger charge is -2.11. The second kappa shape index (κ2) is 15.0. The Labute approximate surface area is 399 Å². The monoisotopic (exact) mass is 895 g/mol. The molecule has 0 aliphatic rings. The maximum atomic E-state index is 6.60. The van der Waals surface area contributed by atoms with Crippen LogP contribution >= 0.6 is 0 Å². The van der Waals surface area contributed by atoms with Crippen molar-refractivity contribution >= 4 is 87.6 Å². The molecule has 6 heteroatoms. The minimum absolute atomic E-state index is 0.645. The SMILES string of the molecule is c1ccc(-c2nc(-c3ccc4c(c3)oc3ccccc34)cc(-c3cccc4oc5ccc(-c6ccc7c(c6)c6ccccc6n7-c6ccc(-c7cccc8c7oc7ccccc78)cc6)cc5c34)n2)cc1. The number of hydrogen-bond donors (Lipinski definition) is 0. The molecule has 0 saturated heterocycles. The zero-order valence-corrected chi connectivity index (χ0v) is 37.4. The van der Waals surface area contributed by atoms with Gasteiger partial charge in [0.15, 0.2) is 5.82 Å². The van der Waals surface area contributed by atoms with Gasteiger partial charge in [0.25, 0.3) is 0 Å². The van der Waals surface area contributed by atoms with Crippen LogP contribution in [-0.2, 0) is 0 Å². The molecule has 326 valence electrons. The van der Waals surface area contributed by atoms with E-state index >= 15 is 0 Å². The summed E-state index contributed by atoms with van der Waals surface area (Å²) in [6.45, 7) is 0. The molecule has 10 aromatic carbocycles. The molecular formula is C64H37N3O3. The molecule has 0 N–H and O–H groups in total. The predicted molar refractivity (Wildman–Crippen MR) is 285 cm³/mol. The molecule has 0 aliphatic carbocycles. The van der Waals surface area contributed by atoms with E-state index in [9.17, 15) is 0 Å². The average molecular weight is 896 g/mol. The van der Waals surface area contributed by atoms with Crippen LogP contribution in [-0.4, -0.2) is 14.5 Å². The molecule has 15 rings (SSSR count). The lowest BCUT2D eigenvalue weighted by atomic mass is 9.98. The minimum atomic E-state index is 0.645. The maximum absolute atomic E-state index is 6.60. The number of nitrogens with zero attached hydrogens (tertiary/aromatic N) is 3. The highest BCUT2D eigenvalue weighted by Crippen LogP contribution is 2.42. The first-order chi connectivity index (χ1) is 34.7. The third-order valence-corrected chi connectivity index (χ3v) is 14.1.